The van der Waals surface area contributed by atoms with E-state index in [0.29, 0.717) is 12.0 Å². The summed E-state index contributed by atoms with van der Waals surface area (Å²) in [6, 6.07) is 0.583. The number of nitrogens with zero attached hydrogens (tertiary/aromatic N) is 2. The van der Waals surface area contributed by atoms with E-state index in [0.717, 1.165) is 12.4 Å². The smallest absolute Gasteiger partial charge is 0.105 e. The lowest BCUT2D eigenvalue weighted by molar-refractivity contribution is 0.313. The van der Waals surface area contributed by atoms with E-state index in [1.807, 2.05) is 6.20 Å². The van der Waals surface area contributed by atoms with Gasteiger partial charge in [-0.3, -0.25) is 0 Å². The van der Waals surface area contributed by atoms with E-state index in [9.17, 15) is 0 Å². The number of hydrogen-bond acceptors (Lipinski definition) is 2. The van der Waals surface area contributed by atoms with Crippen molar-refractivity contribution in [1.82, 2.24) is 9.55 Å². The standard InChI is InChI=1S/C12H21N3/c1-10-14-7-8-15(10)12-6-4-2-3-5-11(12)9-13/h7-8,11-12H,2-6,9,13H2,1H3. The molecule has 1 aromatic heterocycles. The normalized spacial score (nSPS) is 27.6. The molecule has 0 aliphatic heterocycles. The van der Waals surface area contributed by atoms with Crippen LogP contribution in [0.25, 0.3) is 0 Å². The highest BCUT2D eigenvalue weighted by Crippen LogP contribution is 2.32. The molecule has 0 aromatic carbocycles. The first-order chi connectivity index (χ1) is 7.33. The Kier molecular flexibility index (Phi) is 3.41. The molecule has 0 saturated heterocycles. The van der Waals surface area contributed by atoms with Crippen molar-refractivity contribution in [1.29, 1.82) is 0 Å². The molecule has 1 heterocycles. The van der Waals surface area contributed by atoms with E-state index in [1.165, 1.54) is 32.1 Å². The van der Waals surface area contributed by atoms with Crippen molar-refractivity contribution in [2.75, 3.05) is 6.54 Å². The highest BCUT2D eigenvalue weighted by molar-refractivity contribution is 4.94. The zero-order valence-electron chi connectivity index (χ0n) is 9.52. The van der Waals surface area contributed by atoms with Gasteiger partial charge in [-0.2, -0.15) is 0 Å². The Bertz CT molecular complexity index is 306. The summed E-state index contributed by atoms with van der Waals surface area (Å²) < 4.78 is 2.32. The summed E-state index contributed by atoms with van der Waals surface area (Å²) in [5, 5.41) is 0. The average Bonchev–Trinajstić information content (AvgIpc) is 2.54. The highest BCUT2D eigenvalue weighted by Gasteiger charge is 2.24. The number of hydrogen-bond donors (Lipinski definition) is 1. The van der Waals surface area contributed by atoms with Crippen LogP contribution >= 0.6 is 0 Å². The third-order valence-corrected chi connectivity index (χ3v) is 3.64. The van der Waals surface area contributed by atoms with E-state index < -0.39 is 0 Å². The first-order valence-electron chi connectivity index (χ1n) is 6.02. The Morgan fingerprint density at radius 3 is 2.87 bits per heavy atom. The van der Waals surface area contributed by atoms with Crippen LogP contribution in [-0.4, -0.2) is 16.1 Å². The SMILES string of the molecule is Cc1nccn1C1CCCCCC1CN. The molecule has 0 radical (unpaired) electrons. The first kappa shape index (κ1) is 10.7. The molecule has 2 N–H and O–H groups in total. The van der Waals surface area contributed by atoms with Crippen LogP contribution in [0.3, 0.4) is 0 Å². The summed E-state index contributed by atoms with van der Waals surface area (Å²) in [6.45, 7) is 2.89. The van der Waals surface area contributed by atoms with Gasteiger partial charge in [0.05, 0.1) is 0 Å². The van der Waals surface area contributed by atoms with Crippen molar-refractivity contribution in [2.45, 2.75) is 45.1 Å². The first-order valence-corrected chi connectivity index (χ1v) is 6.02. The predicted octanol–water partition coefficient (Wildman–Crippen LogP) is 2.27. The Morgan fingerprint density at radius 2 is 2.20 bits per heavy atom. The molecule has 1 fully saturated rings. The van der Waals surface area contributed by atoms with Crippen LogP contribution in [0.5, 0.6) is 0 Å². The zero-order chi connectivity index (χ0) is 10.7. The minimum atomic E-state index is 0.583. The third kappa shape index (κ3) is 2.23. The highest BCUT2D eigenvalue weighted by atomic mass is 15.1. The Balaban J connectivity index is 2.20. The molecule has 2 atom stereocenters. The average molecular weight is 207 g/mol. The lowest BCUT2D eigenvalue weighted by Crippen LogP contribution is -2.25. The topological polar surface area (TPSA) is 43.8 Å². The molecule has 1 saturated carbocycles. The monoisotopic (exact) mass is 207 g/mol. The summed E-state index contributed by atoms with van der Waals surface area (Å²) in [6.07, 6.45) is 10.6. The van der Waals surface area contributed by atoms with E-state index in [4.69, 9.17) is 5.73 Å². The van der Waals surface area contributed by atoms with E-state index >= 15 is 0 Å². The molecule has 3 nitrogen and oxygen atoms in total. The zero-order valence-corrected chi connectivity index (χ0v) is 9.52. The van der Waals surface area contributed by atoms with Gasteiger partial charge in [-0.15, -0.1) is 0 Å². The van der Waals surface area contributed by atoms with E-state index in [2.05, 4.69) is 22.7 Å². The van der Waals surface area contributed by atoms with Crippen LogP contribution < -0.4 is 5.73 Å². The van der Waals surface area contributed by atoms with Gasteiger partial charge < -0.3 is 10.3 Å². The minimum absolute atomic E-state index is 0.583. The number of aryl methyl sites for hydroxylation is 1. The maximum absolute atomic E-state index is 5.89. The van der Waals surface area contributed by atoms with Gasteiger partial charge in [0, 0.05) is 18.4 Å². The Hall–Kier alpha value is -0.830. The second kappa shape index (κ2) is 4.79. The van der Waals surface area contributed by atoms with Gasteiger partial charge in [0.25, 0.3) is 0 Å². The van der Waals surface area contributed by atoms with Crippen molar-refractivity contribution in [3.8, 4) is 0 Å². The number of aromatic nitrogens is 2. The quantitative estimate of drug-likeness (QED) is 0.756. The van der Waals surface area contributed by atoms with Crippen molar-refractivity contribution in [3.63, 3.8) is 0 Å². The molecule has 1 aliphatic rings. The fourth-order valence-electron chi connectivity index (χ4n) is 2.74. The van der Waals surface area contributed by atoms with Crippen LogP contribution in [0.15, 0.2) is 12.4 Å². The van der Waals surface area contributed by atoms with Crippen LogP contribution in [0.1, 0.15) is 44.0 Å². The number of imidazole rings is 1. The molecular formula is C12H21N3. The van der Waals surface area contributed by atoms with Gasteiger partial charge in [-0.05, 0) is 32.2 Å². The minimum Gasteiger partial charge on any atom is -0.332 e. The molecule has 1 aromatic rings. The maximum atomic E-state index is 5.89. The van der Waals surface area contributed by atoms with Gasteiger partial charge in [-0.1, -0.05) is 19.3 Å². The third-order valence-electron chi connectivity index (χ3n) is 3.64. The fraction of sp³-hybridized carbons (Fsp3) is 0.750. The largest absolute Gasteiger partial charge is 0.332 e. The molecule has 15 heavy (non-hydrogen) atoms. The number of rotatable bonds is 2. The van der Waals surface area contributed by atoms with E-state index in [-0.39, 0.29) is 0 Å². The summed E-state index contributed by atoms with van der Waals surface area (Å²) in [5.74, 6) is 1.76. The summed E-state index contributed by atoms with van der Waals surface area (Å²) in [5.41, 5.74) is 5.89. The van der Waals surface area contributed by atoms with Crippen molar-refractivity contribution >= 4 is 0 Å². The van der Waals surface area contributed by atoms with E-state index in [1.54, 1.807) is 0 Å². The van der Waals surface area contributed by atoms with Crippen LogP contribution in [0.4, 0.5) is 0 Å². The van der Waals surface area contributed by atoms with Crippen molar-refractivity contribution in [3.05, 3.63) is 18.2 Å². The summed E-state index contributed by atoms with van der Waals surface area (Å²) in [7, 11) is 0. The fourth-order valence-corrected chi connectivity index (χ4v) is 2.74. The molecule has 84 valence electrons. The molecule has 0 bridgehead atoms. The van der Waals surface area contributed by atoms with Gasteiger partial charge in [0.1, 0.15) is 5.82 Å². The second-order valence-corrected chi connectivity index (χ2v) is 4.58. The van der Waals surface area contributed by atoms with Crippen LogP contribution in [0.2, 0.25) is 0 Å². The molecular weight excluding hydrogens is 186 g/mol. The molecule has 2 unspecified atom stereocenters. The van der Waals surface area contributed by atoms with Gasteiger partial charge in [-0.25, -0.2) is 4.98 Å². The molecule has 0 spiro atoms. The predicted molar refractivity (Wildman–Crippen MR) is 61.6 cm³/mol. The lowest BCUT2D eigenvalue weighted by atomic mass is 9.94. The van der Waals surface area contributed by atoms with Gasteiger partial charge >= 0.3 is 0 Å². The van der Waals surface area contributed by atoms with Gasteiger partial charge in [0.15, 0.2) is 0 Å². The number of nitrogens with two attached hydrogens (primary N) is 1. The maximum Gasteiger partial charge on any atom is 0.105 e. The Morgan fingerprint density at radius 1 is 1.40 bits per heavy atom. The lowest BCUT2D eigenvalue weighted by Gasteiger charge is -2.26. The summed E-state index contributed by atoms with van der Waals surface area (Å²) in [4.78, 5) is 4.31. The van der Waals surface area contributed by atoms with Crippen molar-refractivity contribution < 1.29 is 0 Å². The van der Waals surface area contributed by atoms with Crippen molar-refractivity contribution in [2.24, 2.45) is 11.7 Å². The van der Waals surface area contributed by atoms with Crippen LogP contribution in [-0.2, 0) is 0 Å². The van der Waals surface area contributed by atoms with Gasteiger partial charge in [0.2, 0.25) is 0 Å². The molecule has 2 rings (SSSR count). The molecule has 3 heteroatoms. The second-order valence-electron chi connectivity index (χ2n) is 4.58. The van der Waals surface area contributed by atoms with Crippen LogP contribution in [0, 0.1) is 12.8 Å². The molecule has 0 amide bonds. The Labute approximate surface area is 91.7 Å². The summed E-state index contributed by atoms with van der Waals surface area (Å²) >= 11 is 0. The molecule has 1 aliphatic carbocycles.